The Kier molecular flexibility index (Phi) is 59.5. The Morgan fingerprint density at radius 3 is 0.974 bits per heavy atom. The normalized spacial score (nSPS) is 11.6. The van der Waals surface area contributed by atoms with Gasteiger partial charge in [-0.1, -0.05) is 0 Å². The average Bonchev–Trinajstić information content (AvgIpc) is 3.32. The molecule has 78 heavy (non-hydrogen) atoms. The number of aliphatic carboxylic acids is 2. The molecule has 0 rings (SSSR count). The number of rotatable bonds is 40. The van der Waals surface area contributed by atoms with Crippen LogP contribution in [0, 0.1) is 0 Å². The number of carboxylic acid groups (broad SMARTS) is 2. The van der Waals surface area contributed by atoms with E-state index in [0.29, 0.717) is 62.0 Å². The van der Waals surface area contributed by atoms with Crippen molar-refractivity contribution >= 4 is 147 Å². The summed E-state index contributed by atoms with van der Waals surface area (Å²) < 4.78 is 0. The summed E-state index contributed by atoms with van der Waals surface area (Å²) in [6, 6.07) is -4.71. The number of carbonyl (C=O) groups is 10. The van der Waals surface area contributed by atoms with Gasteiger partial charge in [-0.2, -0.15) is 34.5 Å². The molecule has 0 aromatic rings. The molecule has 0 aromatic carbocycles. The number of nitrogens with zero attached hydrogens (tertiary/aromatic N) is 4. The van der Waals surface area contributed by atoms with E-state index in [-0.39, 0.29) is 127 Å². The summed E-state index contributed by atoms with van der Waals surface area (Å²) in [6.07, 6.45) is -0.260. The first kappa shape index (κ1) is 85.8. The van der Waals surface area contributed by atoms with Crippen molar-refractivity contribution in [3.05, 3.63) is 0 Å². The minimum Gasteiger partial charge on any atom is -2.00 e. The Hall–Kier alpha value is -3.52. The minimum atomic E-state index is -1.35. The number of nitrogens with one attached hydrogen (secondary N) is 8. The van der Waals surface area contributed by atoms with Gasteiger partial charge in [-0.05, 0) is 65.0 Å². The van der Waals surface area contributed by atoms with Crippen LogP contribution in [-0.2, 0) is 175 Å². The predicted molar refractivity (Wildman–Crippen MR) is 292 cm³/mol. The van der Waals surface area contributed by atoms with Crippen molar-refractivity contribution in [1.29, 1.82) is 0 Å². The number of aliphatic imine (C=N–C) groups is 2. The minimum absolute atomic E-state index is 0. The molecule has 0 aromatic heterocycles. The quantitative estimate of drug-likeness (QED) is 0.0117. The molecule has 8 amide bonds. The van der Waals surface area contributed by atoms with E-state index < -0.39 is 109 Å². The van der Waals surface area contributed by atoms with E-state index in [4.69, 9.17) is 109 Å². The third-order valence-corrected chi connectivity index (χ3v) is 10.4. The van der Waals surface area contributed by atoms with Gasteiger partial charge in [0.05, 0.1) is 39.0 Å². The van der Waals surface area contributed by atoms with E-state index in [1.54, 1.807) is 9.80 Å². The monoisotopic (exact) mass is 1390 g/mol. The molecular weight excluding hydrogens is 1320 g/mol. The number of carbonyl (C=O) groups excluding carboxylic acids is 8. The van der Waals surface area contributed by atoms with Crippen LogP contribution in [0.5, 0.6) is 0 Å². The Morgan fingerprint density at radius 1 is 0.436 bits per heavy atom. The fourth-order valence-corrected chi connectivity index (χ4v) is 7.16. The largest absolute Gasteiger partial charge is 5.00 e. The van der Waals surface area contributed by atoms with Crippen LogP contribution in [0.4, 0.5) is 0 Å². The summed E-state index contributed by atoms with van der Waals surface area (Å²) in [5.41, 5.74) is 21.2. The van der Waals surface area contributed by atoms with Crippen LogP contribution < -0.4 is 65.5 Å². The van der Waals surface area contributed by atoms with E-state index in [9.17, 15) is 47.9 Å². The van der Waals surface area contributed by atoms with Crippen LogP contribution in [-0.4, -0.2) is 228 Å². The van der Waals surface area contributed by atoms with Gasteiger partial charge in [-0.3, -0.25) is 67.7 Å². The first-order valence-electron chi connectivity index (χ1n) is 22.8. The molecule has 30 nitrogen and oxygen atoms in total. The van der Waals surface area contributed by atoms with Crippen molar-refractivity contribution in [1.82, 2.24) is 52.3 Å². The fraction of sp³-hybridized carbons (Fsp3) is 0.700. The number of carboxylic acids is 2. The van der Waals surface area contributed by atoms with E-state index in [1.165, 1.54) is 0 Å². The maximum Gasteiger partial charge on any atom is 5.00 e. The van der Waals surface area contributed by atoms with Crippen molar-refractivity contribution in [2.75, 3.05) is 113 Å². The Morgan fingerprint density at radius 2 is 0.718 bits per heavy atom. The maximum atomic E-state index is 12.8. The van der Waals surface area contributed by atoms with E-state index in [2.05, 4.69) is 52.5 Å². The number of guanidine groups is 2. The van der Waals surface area contributed by atoms with Crippen molar-refractivity contribution < 1.29 is 109 Å². The molecule has 0 spiro atoms. The van der Waals surface area contributed by atoms with Gasteiger partial charge in [0.2, 0.25) is 47.3 Å². The first-order valence-corrected chi connectivity index (χ1v) is 26.3. The molecule has 0 unspecified atom stereocenters. The van der Waals surface area contributed by atoms with Crippen LogP contribution in [0.15, 0.2) is 9.98 Å². The zero-order valence-corrected chi connectivity index (χ0v) is 51.0. The zero-order chi connectivity index (χ0) is 56.4. The molecule has 38 heteroatoms. The van der Waals surface area contributed by atoms with Gasteiger partial charge >= 0.3 is 52.1 Å². The zero-order valence-electron chi connectivity index (χ0n) is 42.4. The summed E-state index contributed by atoms with van der Waals surface area (Å²) >= 11 is 29.3. The molecule has 444 valence electrons. The molecule has 0 bridgehead atoms. The third-order valence-electron chi connectivity index (χ3n) is 9.27. The van der Waals surface area contributed by atoms with E-state index in [0.717, 1.165) is 0 Å². The molecular formula is C40H70N16O14S6Tc2. The number of amides is 8. The first-order chi connectivity index (χ1) is 35.1. The van der Waals surface area contributed by atoms with Crippen molar-refractivity contribution in [3.8, 4) is 0 Å². The molecule has 0 aliphatic carbocycles. The summed E-state index contributed by atoms with van der Waals surface area (Å²) in [6.45, 7) is 1.51. The van der Waals surface area contributed by atoms with Crippen LogP contribution in [0.25, 0.3) is 0 Å². The van der Waals surface area contributed by atoms with Crippen LogP contribution in [0.1, 0.15) is 38.5 Å². The standard InChI is InChI=1S/2C20H38N8O6S3.2O.2Tc/c2*21-20(22)24-3-1-2-13(26-16(30)12-28(5-8-36)6-9-37)18(33)25-11-15(29)27-14(10-17(31)32)19(34)23-4-7-35;;;;/h2*13-14,35-37H,1-12H2,(H,23,34)(H,25,33)(H,26,30)(H,27,29)(H,31,32)(H4,21,22,24);;;;/q;;2*-2;2*+5/p-6/t2*13-,14-;;;;/m00..../s1/i;;;;2*1+1. The SMILES string of the molecule is NC(N)=NCCC[C@H](NC(=O)CN(CC[S-])CC[S-])C(=O)NCC(=O)N[C@@H](CC(=O)O)C(=O)NCC[S-].NC(N)=NCCC[C@H](NC(=O)CN(CC[S-])CC[S-])C(=O)NCC(=O)N[C@@H](CC(=O)O)C(=O)NCC[S-].[99Tc+5].[99Tc+5].[O-2].[O-2]. The number of hydrogen-bond donors (Lipinski definition) is 14. The van der Waals surface area contributed by atoms with Crippen LogP contribution in [0.3, 0.4) is 0 Å². The van der Waals surface area contributed by atoms with Crippen LogP contribution in [0.2, 0.25) is 0 Å². The molecule has 0 fully saturated rings. The average molecular weight is 1390 g/mol. The van der Waals surface area contributed by atoms with Crippen molar-refractivity contribution in [2.24, 2.45) is 32.9 Å². The summed E-state index contributed by atoms with van der Waals surface area (Å²) in [7, 11) is 0. The Balaban J connectivity index is -0.000000316. The predicted octanol–water partition coefficient (Wildman–Crippen LogP) is -8.92. The van der Waals surface area contributed by atoms with Gasteiger partial charge in [-0.15, -0.1) is 0 Å². The summed E-state index contributed by atoms with van der Waals surface area (Å²) in [5, 5.41) is 37.4. The second kappa shape index (κ2) is 54.1. The van der Waals surface area contributed by atoms with Crippen molar-refractivity contribution in [2.45, 2.75) is 62.7 Å². The molecule has 0 saturated carbocycles. The van der Waals surface area contributed by atoms with Crippen LogP contribution >= 0.6 is 0 Å². The topological polar surface area (TPSA) is 500 Å². The number of nitrogens with two attached hydrogens (primary N) is 4. The van der Waals surface area contributed by atoms with Gasteiger partial charge < -0.3 is 162 Å². The van der Waals surface area contributed by atoms with Gasteiger partial charge in [0.25, 0.3) is 0 Å². The maximum absolute atomic E-state index is 12.8. The van der Waals surface area contributed by atoms with Gasteiger partial charge in [0.15, 0.2) is 11.9 Å². The van der Waals surface area contributed by atoms with Gasteiger partial charge in [0.1, 0.15) is 24.2 Å². The molecule has 0 heterocycles. The Labute approximate surface area is 513 Å². The molecule has 4 atom stereocenters. The summed E-state index contributed by atoms with van der Waals surface area (Å²) in [5.74, 6) is -5.93. The number of hydrogen-bond acceptors (Lipinski definition) is 20. The van der Waals surface area contributed by atoms with E-state index in [1.807, 2.05) is 0 Å². The third kappa shape index (κ3) is 47.3. The van der Waals surface area contributed by atoms with Crippen molar-refractivity contribution in [3.63, 3.8) is 0 Å². The molecule has 18 N–H and O–H groups in total. The molecule has 0 saturated heterocycles. The van der Waals surface area contributed by atoms with Gasteiger partial charge in [0, 0.05) is 13.1 Å². The smallest absolute Gasteiger partial charge is 2.00 e. The second-order valence-electron chi connectivity index (χ2n) is 15.4. The molecule has 0 radical (unpaired) electrons. The van der Waals surface area contributed by atoms with Gasteiger partial charge in [-0.25, -0.2) is 0 Å². The summed E-state index contributed by atoms with van der Waals surface area (Å²) in [4.78, 5) is 133. The fourth-order valence-electron chi connectivity index (χ4n) is 5.92. The molecule has 0 aliphatic heterocycles. The van der Waals surface area contributed by atoms with E-state index >= 15 is 0 Å². The molecule has 0 aliphatic rings. The Bertz CT molecular complexity index is 1700. The second-order valence-corrected chi connectivity index (χ2v) is 17.8.